The minimum Gasteiger partial charge on any atom is -0.493 e. The molecule has 1 N–H and O–H groups in total. The Labute approximate surface area is 195 Å². The standard InChI is InChI=1S/C27H22N2O3S/c1-3-31-23-15-24-20(21(16-32-24)18-9-5-4-6-10-18)14-19(23)17(2)13-26(30)29-27-28-22-11-7-8-12-25(22)33-27/h4-16H,3H2,1-2H3,(H,28,29,30)/b17-13+. The maximum atomic E-state index is 12.8. The van der Waals surface area contributed by atoms with Gasteiger partial charge in [-0.15, -0.1) is 0 Å². The highest BCUT2D eigenvalue weighted by molar-refractivity contribution is 7.22. The number of benzene rings is 3. The predicted octanol–water partition coefficient (Wildman–Crippen LogP) is 7.15. The summed E-state index contributed by atoms with van der Waals surface area (Å²) in [6.07, 6.45) is 3.34. The topological polar surface area (TPSA) is 64.4 Å². The van der Waals surface area contributed by atoms with E-state index in [0.717, 1.165) is 43.4 Å². The van der Waals surface area contributed by atoms with Crippen LogP contribution < -0.4 is 10.1 Å². The summed E-state index contributed by atoms with van der Waals surface area (Å²) < 4.78 is 12.7. The summed E-state index contributed by atoms with van der Waals surface area (Å²) in [5, 5.41) is 4.43. The molecule has 0 fully saturated rings. The Morgan fingerprint density at radius 3 is 2.70 bits per heavy atom. The molecule has 6 heteroatoms. The van der Waals surface area contributed by atoms with Gasteiger partial charge in [0.2, 0.25) is 5.91 Å². The molecular weight excluding hydrogens is 432 g/mol. The van der Waals surface area contributed by atoms with Crippen LogP contribution in [0.2, 0.25) is 0 Å². The van der Waals surface area contributed by atoms with Crippen LogP contribution in [0.4, 0.5) is 5.13 Å². The van der Waals surface area contributed by atoms with Gasteiger partial charge < -0.3 is 9.15 Å². The number of furan rings is 1. The molecule has 1 amide bonds. The fourth-order valence-corrected chi connectivity index (χ4v) is 4.69. The van der Waals surface area contributed by atoms with Crippen LogP contribution >= 0.6 is 11.3 Å². The molecule has 2 heterocycles. The number of fused-ring (bicyclic) bond motifs is 2. The van der Waals surface area contributed by atoms with Crippen molar-refractivity contribution in [3.05, 3.63) is 84.6 Å². The van der Waals surface area contributed by atoms with E-state index in [1.54, 1.807) is 12.3 Å². The van der Waals surface area contributed by atoms with Gasteiger partial charge in [0.15, 0.2) is 5.13 Å². The average molecular weight is 455 g/mol. The van der Waals surface area contributed by atoms with E-state index in [1.807, 2.05) is 68.4 Å². The number of hydrogen-bond acceptors (Lipinski definition) is 5. The van der Waals surface area contributed by atoms with Gasteiger partial charge in [-0.3, -0.25) is 10.1 Å². The van der Waals surface area contributed by atoms with Crippen LogP contribution in [0, 0.1) is 0 Å². The van der Waals surface area contributed by atoms with Crippen molar-refractivity contribution in [2.24, 2.45) is 0 Å². The van der Waals surface area contributed by atoms with Crippen molar-refractivity contribution < 1.29 is 13.9 Å². The fraction of sp³-hybridized carbons (Fsp3) is 0.111. The SMILES string of the molecule is CCOc1cc2occ(-c3ccccc3)c2cc1/C(C)=C/C(=O)Nc1nc2ccccc2s1. The summed E-state index contributed by atoms with van der Waals surface area (Å²) in [6, 6.07) is 21.8. The number of amides is 1. The zero-order valence-electron chi connectivity index (χ0n) is 18.3. The summed E-state index contributed by atoms with van der Waals surface area (Å²) in [7, 11) is 0. The summed E-state index contributed by atoms with van der Waals surface area (Å²) in [5.74, 6) is 0.449. The summed E-state index contributed by atoms with van der Waals surface area (Å²) in [6.45, 7) is 4.35. The molecule has 0 unspecified atom stereocenters. The van der Waals surface area contributed by atoms with Crippen LogP contribution in [0.15, 0.2) is 83.5 Å². The minimum absolute atomic E-state index is 0.232. The van der Waals surface area contributed by atoms with Gasteiger partial charge in [-0.2, -0.15) is 0 Å². The van der Waals surface area contributed by atoms with Gasteiger partial charge in [0.25, 0.3) is 0 Å². The number of para-hydroxylation sites is 1. The van der Waals surface area contributed by atoms with Crippen molar-refractivity contribution in [1.29, 1.82) is 0 Å². The van der Waals surface area contributed by atoms with Gasteiger partial charge >= 0.3 is 0 Å². The Hall–Kier alpha value is -3.90. The Bertz CT molecular complexity index is 1450. The van der Waals surface area contributed by atoms with E-state index >= 15 is 0 Å². The van der Waals surface area contributed by atoms with Crippen LogP contribution in [0.3, 0.4) is 0 Å². The number of hydrogen-bond donors (Lipinski definition) is 1. The lowest BCUT2D eigenvalue weighted by Crippen LogP contribution is -2.08. The van der Waals surface area contributed by atoms with Crippen LogP contribution in [0.25, 0.3) is 37.9 Å². The number of aromatic nitrogens is 1. The molecule has 0 spiro atoms. The van der Waals surface area contributed by atoms with E-state index in [2.05, 4.69) is 22.4 Å². The molecule has 5 aromatic rings. The van der Waals surface area contributed by atoms with E-state index in [4.69, 9.17) is 9.15 Å². The first-order chi connectivity index (χ1) is 16.1. The maximum absolute atomic E-state index is 12.8. The highest BCUT2D eigenvalue weighted by Gasteiger charge is 2.15. The van der Waals surface area contributed by atoms with Crippen molar-refractivity contribution in [3.63, 3.8) is 0 Å². The second kappa shape index (κ2) is 8.92. The van der Waals surface area contributed by atoms with Crippen molar-refractivity contribution in [2.75, 3.05) is 11.9 Å². The minimum atomic E-state index is -0.232. The van der Waals surface area contributed by atoms with Crippen LogP contribution in [-0.4, -0.2) is 17.5 Å². The van der Waals surface area contributed by atoms with Gasteiger partial charge in [-0.05, 0) is 43.2 Å². The molecule has 2 aromatic heterocycles. The monoisotopic (exact) mass is 454 g/mol. The first-order valence-corrected chi connectivity index (χ1v) is 11.5. The van der Waals surface area contributed by atoms with E-state index in [-0.39, 0.29) is 5.91 Å². The van der Waals surface area contributed by atoms with Crippen molar-refractivity contribution in [3.8, 4) is 16.9 Å². The number of carbonyl (C=O) groups is 1. The maximum Gasteiger partial charge on any atom is 0.250 e. The number of nitrogens with one attached hydrogen (secondary N) is 1. The molecule has 0 bridgehead atoms. The van der Waals surface area contributed by atoms with Crippen LogP contribution in [-0.2, 0) is 4.79 Å². The number of anilines is 1. The Morgan fingerprint density at radius 1 is 1.12 bits per heavy atom. The molecule has 0 saturated carbocycles. The molecule has 3 aromatic carbocycles. The molecule has 0 saturated heterocycles. The molecule has 164 valence electrons. The summed E-state index contributed by atoms with van der Waals surface area (Å²) in [4.78, 5) is 17.2. The third-order valence-electron chi connectivity index (χ3n) is 5.36. The molecule has 0 aliphatic rings. The van der Waals surface area contributed by atoms with E-state index in [0.29, 0.717) is 17.5 Å². The largest absolute Gasteiger partial charge is 0.493 e. The second-order valence-electron chi connectivity index (χ2n) is 7.60. The van der Waals surface area contributed by atoms with E-state index in [1.165, 1.54) is 11.3 Å². The number of allylic oxidation sites excluding steroid dienone is 1. The fourth-order valence-electron chi connectivity index (χ4n) is 3.82. The third kappa shape index (κ3) is 4.25. The van der Waals surface area contributed by atoms with Crippen LogP contribution in [0.5, 0.6) is 5.75 Å². The zero-order chi connectivity index (χ0) is 22.8. The Balaban J connectivity index is 1.50. The van der Waals surface area contributed by atoms with E-state index in [9.17, 15) is 4.79 Å². The highest BCUT2D eigenvalue weighted by atomic mass is 32.1. The smallest absolute Gasteiger partial charge is 0.250 e. The predicted molar refractivity (Wildman–Crippen MR) is 135 cm³/mol. The number of carbonyl (C=O) groups excluding carboxylic acids is 1. The van der Waals surface area contributed by atoms with Crippen molar-refractivity contribution >= 4 is 49.1 Å². The number of thiazole rings is 1. The van der Waals surface area contributed by atoms with Gasteiger partial charge in [-0.1, -0.05) is 53.8 Å². The molecule has 33 heavy (non-hydrogen) atoms. The van der Waals surface area contributed by atoms with Gasteiger partial charge in [-0.25, -0.2) is 4.98 Å². The number of ether oxygens (including phenoxy) is 1. The molecule has 5 rings (SSSR count). The Kier molecular flexibility index (Phi) is 5.67. The van der Waals surface area contributed by atoms with Gasteiger partial charge in [0.1, 0.15) is 11.3 Å². The lowest BCUT2D eigenvalue weighted by molar-refractivity contribution is -0.111. The lowest BCUT2D eigenvalue weighted by Gasteiger charge is -2.11. The zero-order valence-corrected chi connectivity index (χ0v) is 19.1. The van der Waals surface area contributed by atoms with Gasteiger partial charge in [0, 0.05) is 28.7 Å². The first kappa shape index (κ1) is 21.0. The lowest BCUT2D eigenvalue weighted by atomic mass is 9.99. The second-order valence-corrected chi connectivity index (χ2v) is 8.63. The summed E-state index contributed by atoms with van der Waals surface area (Å²) in [5.41, 5.74) is 5.33. The van der Waals surface area contributed by atoms with E-state index < -0.39 is 0 Å². The molecule has 0 radical (unpaired) electrons. The quantitative estimate of drug-likeness (QED) is 0.277. The van der Waals surface area contributed by atoms with Crippen LogP contribution in [0.1, 0.15) is 19.4 Å². The Morgan fingerprint density at radius 2 is 1.91 bits per heavy atom. The third-order valence-corrected chi connectivity index (χ3v) is 6.31. The molecule has 5 nitrogen and oxygen atoms in total. The average Bonchev–Trinajstić information content (AvgIpc) is 3.42. The highest BCUT2D eigenvalue weighted by Crippen LogP contribution is 2.37. The molecular formula is C27H22N2O3S. The molecule has 0 atom stereocenters. The van der Waals surface area contributed by atoms with Crippen molar-refractivity contribution in [2.45, 2.75) is 13.8 Å². The van der Waals surface area contributed by atoms with Gasteiger partial charge in [0.05, 0.1) is 23.1 Å². The molecule has 0 aliphatic heterocycles. The molecule has 0 aliphatic carbocycles. The number of nitrogens with zero attached hydrogens (tertiary/aromatic N) is 1. The first-order valence-electron chi connectivity index (χ1n) is 10.7. The number of rotatable bonds is 6. The van der Waals surface area contributed by atoms with Crippen molar-refractivity contribution in [1.82, 2.24) is 4.98 Å². The summed E-state index contributed by atoms with van der Waals surface area (Å²) >= 11 is 1.45. The normalized spacial score (nSPS) is 11.8.